The number of rotatable bonds is 6. The molecule has 5 N–H and O–H groups in total. The van der Waals surface area contributed by atoms with E-state index in [4.69, 9.17) is 29.8 Å². The van der Waals surface area contributed by atoms with Crippen LogP contribution >= 0.6 is 0 Å². The van der Waals surface area contributed by atoms with Crippen LogP contribution < -0.4 is 20.1 Å². The molecule has 2 aromatic rings. The number of carbonyl (C=O) groups excluding carboxylic acids is 1. The molecule has 2 saturated heterocycles. The molecule has 3 aliphatic heterocycles. The number of hydrogen-bond donors (Lipinski definition) is 5. The predicted molar refractivity (Wildman–Crippen MR) is 114 cm³/mol. The van der Waals surface area contributed by atoms with Crippen molar-refractivity contribution in [3.05, 3.63) is 35.9 Å². The molecule has 1 atom stereocenters. The standard InChI is InChI=1S/C21H23FN6O6/c22-21(30,31)11-33-16-5-4-15(26-27-16)24-14-3-1-2-13-18(14)34-20(13)10-17(29)28(19(23)25-20)12-6-8-32-9-7-12/h1-5,12,30-31H,6-11H2,(H2,23,25)(H,24,26)/t20-/m1/s1. The Morgan fingerprint density at radius 3 is 2.76 bits per heavy atom. The summed E-state index contributed by atoms with van der Waals surface area (Å²) >= 11 is 0. The van der Waals surface area contributed by atoms with Crippen LogP contribution in [0.15, 0.2) is 30.3 Å². The maximum Gasteiger partial charge on any atom is 0.350 e. The molecule has 0 unspecified atom stereocenters. The van der Waals surface area contributed by atoms with Crippen LogP contribution in [-0.2, 0) is 15.3 Å². The van der Waals surface area contributed by atoms with Crippen LogP contribution in [0.1, 0.15) is 24.8 Å². The molecule has 2 fully saturated rings. The number of alkyl halides is 1. The van der Waals surface area contributed by atoms with Crippen molar-refractivity contribution in [2.24, 2.45) is 0 Å². The molecule has 3 aliphatic rings. The SMILES string of the molecule is N=C1N[C@]2(CC(=O)N1C1CCOCC1)Oc1c(Nc3ccc(OCC(O)(O)F)nn3)cccc12. The Kier molecular flexibility index (Phi) is 5.46. The predicted octanol–water partition coefficient (Wildman–Crippen LogP) is 0.688. The number of ether oxygens (including phenoxy) is 3. The van der Waals surface area contributed by atoms with Crippen molar-refractivity contribution < 1.29 is 33.6 Å². The molecule has 5 rings (SSSR count). The third kappa shape index (κ3) is 4.20. The summed E-state index contributed by atoms with van der Waals surface area (Å²) in [6.45, 7) is 0.122. The third-order valence-corrected chi connectivity index (χ3v) is 5.82. The van der Waals surface area contributed by atoms with Gasteiger partial charge in [0.25, 0.3) is 0 Å². The molecule has 0 aliphatic carbocycles. The molecule has 0 radical (unpaired) electrons. The van der Waals surface area contributed by atoms with Gasteiger partial charge >= 0.3 is 6.04 Å². The highest BCUT2D eigenvalue weighted by Gasteiger charge is 2.54. The van der Waals surface area contributed by atoms with Gasteiger partial charge in [-0.1, -0.05) is 6.07 Å². The Balaban J connectivity index is 1.28. The molecule has 0 saturated carbocycles. The summed E-state index contributed by atoms with van der Waals surface area (Å²) in [5.74, 6) is 0.584. The lowest BCUT2D eigenvalue weighted by molar-refractivity contribution is -0.272. The van der Waals surface area contributed by atoms with E-state index in [0.29, 0.717) is 43.3 Å². The highest BCUT2D eigenvalue weighted by Crippen LogP contribution is 2.50. The van der Waals surface area contributed by atoms with Crippen LogP contribution in [0, 0.1) is 5.41 Å². The number of benzene rings is 1. The lowest BCUT2D eigenvalue weighted by Gasteiger charge is -2.50. The quantitative estimate of drug-likeness (QED) is 0.377. The Morgan fingerprint density at radius 1 is 1.29 bits per heavy atom. The van der Waals surface area contributed by atoms with Crippen LogP contribution in [0.3, 0.4) is 0 Å². The maximum absolute atomic E-state index is 13.0. The van der Waals surface area contributed by atoms with E-state index in [9.17, 15) is 9.18 Å². The molecular formula is C21H23FN6O6. The number of nitrogens with zero attached hydrogens (tertiary/aromatic N) is 3. The summed E-state index contributed by atoms with van der Waals surface area (Å²) < 4.78 is 28.9. The van der Waals surface area contributed by atoms with E-state index < -0.39 is 18.4 Å². The number of carbonyl (C=O) groups is 1. The molecule has 1 aromatic carbocycles. The molecule has 1 aromatic heterocycles. The number of aromatic nitrogens is 2. The van der Waals surface area contributed by atoms with E-state index in [0.717, 1.165) is 5.56 Å². The van der Waals surface area contributed by atoms with E-state index in [2.05, 4.69) is 20.8 Å². The van der Waals surface area contributed by atoms with Crippen molar-refractivity contribution in [1.29, 1.82) is 5.41 Å². The normalized spacial score (nSPS) is 22.5. The van der Waals surface area contributed by atoms with Crippen molar-refractivity contribution in [2.75, 3.05) is 25.1 Å². The van der Waals surface area contributed by atoms with Crippen LogP contribution in [0.4, 0.5) is 15.9 Å². The van der Waals surface area contributed by atoms with Crippen LogP contribution in [0.2, 0.25) is 0 Å². The molecule has 4 heterocycles. The number of aliphatic hydroxyl groups is 2. The van der Waals surface area contributed by atoms with Crippen molar-refractivity contribution >= 4 is 23.4 Å². The maximum atomic E-state index is 13.0. The zero-order chi connectivity index (χ0) is 23.9. The van der Waals surface area contributed by atoms with Gasteiger partial charge in [0.05, 0.1) is 17.7 Å². The summed E-state index contributed by atoms with van der Waals surface area (Å²) in [6.07, 6.45) is 1.43. The first kappa shape index (κ1) is 22.3. The van der Waals surface area contributed by atoms with Crippen LogP contribution in [0.25, 0.3) is 0 Å². The minimum Gasteiger partial charge on any atom is -0.468 e. The first-order valence-electron chi connectivity index (χ1n) is 10.7. The smallest absolute Gasteiger partial charge is 0.350 e. The summed E-state index contributed by atoms with van der Waals surface area (Å²) in [5.41, 5.74) is 0.215. The van der Waals surface area contributed by atoms with E-state index in [1.807, 2.05) is 6.07 Å². The van der Waals surface area contributed by atoms with Gasteiger partial charge in [0, 0.05) is 25.3 Å². The number of halogens is 1. The lowest BCUT2D eigenvalue weighted by atomic mass is 9.89. The highest BCUT2D eigenvalue weighted by atomic mass is 19.2. The Morgan fingerprint density at radius 2 is 2.09 bits per heavy atom. The molecule has 1 amide bonds. The first-order valence-corrected chi connectivity index (χ1v) is 10.7. The molecule has 12 nitrogen and oxygen atoms in total. The number of amides is 1. The number of para-hydroxylation sites is 1. The van der Waals surface area contributed by atoms with Gasteiger partial charge in [-0.25, -0.2) is 0 Å². The molecule has 1 spiro atoms. The van der Waals surface area contributed by atoms with E-state index in [1.54, 1.807) is 12.1 Å². The second kappa shape index (κ2) is 8.34. The zero-order valence-corrected chi connectivity index (χ0v) is 18.0. The van der Waals surface area contributed by atoms with E-state index in [-0.39, 0.29) is 30.2 Å². The van der Waals surface area contributed by atoms with Gasteiger partial charge < -0.3 is 35.1 Å². The van der Waals surface area contributed by atoms with Gasteiger partial charge in [-0.3, -0.25) is 15.1 Å². The fourth-order valence-corrected chi connectivity index (χ4v) is 4.29. The topological polar surface area (TPSA) is 162 Å². The largest absolute Gasteiger partial charge is 0.468 e. The van der Waals surface area contributed by atoms with Crippen molar-refractivity contribution in [3.8, 4) is 11.6 Å². The van der Waals surface area contributed by atoms with Gasteiger partial charge in [-0.05, 0) is 31.0 Å². The van der Waals surface area contributed by atoms with Gasteiger partial charge in [0.15, 0.2) is 18.2 Å². The van der Waals surface area contributed by atoms with Crippen molar-refractivity contribution in [1.82, 2.24) is 20.4 Å². The van der Waals surface area contributed by atoms with Crippen molar-refractivity contribution in [2.45, 2.75) is 37.1 Å². The van der Waals surface area contributed by atoms with Gasteiger partial charge in [0.1, 0.15) is 0 Å². The lowest BCUT2D eigenvalue weighted by Crippen LogP contribution is -2.68. The molecule has 34 heavy (non-hydrogen) atoms. The average molecular weight is 474 g/mol. The monoisotopic (exact) mass is 474 g/mol. The Labute approximate surface area is 193 Å². The Hall–Kier alpha value is -3.55. The number of hydrogen-bond acceptors (Lipinski definition) is 10. The summed E-state index contributed by atoms with van der Waals surface area (Å²) in [5, 5.41) is 39.5. The number of nitrogens with one attached hydrogen (secondary N) is 3. The number of guanidine groups is 1. The molecular weight excluding hydrogens is 451 g/mol. The molecule has 0 bridgehead atoms. The minimum absolute atomic E-state index is 0.0108. The van der Waals surface area contributed by atoms with Gasteiger partial charge in [0.2, 0.25) is 23.5 Å². The van der Waals surface area contributed by atoms with E-state index in [1.165, 1.54) is 17.0 Å². The van der Waals surface area contributed by atoms with Gasteiger partial charge in [-0.2, -0.15) is 4.39 Å². The second-order valence-corrected chi connectivity index (χ2v) is 8.26. The molecule has 180 valence electrons. The zero-order valence-electron chi connectivity index (χ0n) is 18.0. The Bertz CT molecular complexity index is 1080. The number of anilines is 2. The highest BCUT2D eigenvalue weighted by molar-refractivity contribution is 6.00. The third-order valence-electron chi connectivity index (χ3n) is 5.82. The average Bonchev–Trinajstić information content (AvgIpc) is 2.79. The summed E-state index contributed by atoms with van der Waals surface area (Å²) in [7, 11) is 0. The summed E-state index contributed by atoms with van der Waals surface area (Å²) in [4.78, 5) is 14.5. The van der Waals surface area contributed by atoms with E-state index >= 15 is 0 Å². The van der Waals surface area contributed by atoms with Crippen molar-refractivity contribution in [3.63, 3.8) is 0 Å². The second-order valence-electron chi connectivity index (χ2n) is 8.26. The van der Waals surface area contributed by atoms with Gasteiger partial charge in [-0.15, -0.1) is 10.2 Å². The number of fused-ring (bicyclic) bond motifs is 2. The van der Waals surface area contributed by atoms with Crippen LogP contribution in [0.5, 0.6) is 11.6 Å². The van der Waals surface area contributed by atoms with Crippen LogP contribution in [-0.4, -0.2) is 69.1 Å². The summed E-state index contributed by atoms with van der Waals surface area (Å²) in [6, 6.07) is 4.74. The minimum atomic E-state index is -3.47. The first-order chi connectivity index (χ1) is 16.2. The fourth-order valence-electron chi connectivity index (χ4n) is 4.29. The fraction of sp³-hybridized carbons (Fsp3) is 0.429. The molecule has 13 heteroatoms.